The van der Waals surface area contributed by atoms with Gasteiger partial charge in [0.05, 0.1) is 31.2 Å². The minimum Gasteiger partial charge on any atom is -0.465 e. The van der Waals surface area contributed by atoms with Gasteiger partial charge in [-0.05, 0) is 90.4 Å². The summed E-state index contributed by atoms with van der Waals surface area (Å²) in [5.74, 6) is -1.04. The van der Waals surface area contributed by atoms with E-state index in [1.165, 1.54) is 15.9 Å². The molecule has 2 aromatic rings. The van der Waals surface area contributed by atoms with Gasteiger partial charge >= 0.3 is 24.1 Å². The first-order chi connectivity index (χ1) is 23.3. The minimum absolute atomic E-state index is 0.0485. The lowest BCUT2D eigenvalue weighted by Crippen LogP contribution is -2.60. The quantitative estimate of drug-likeness (QED) is 0.330. The first-order valence-electron chi connectivity index (χ1n) is 16.5. The van der Waals surface area contributed by atoms with Crippen molar-refractivity contribution in [3.63, 3.8) is 0 Å². The van der Waals surface area contributed by atoms with E-state index in [1.807, 2.05) is 20.8 Å². The number of benzene rings is 2. The summed E-state index contributed by atoms with van der Waals surface area (Å²) in [6.45, 7) is 15.7. The van der Waals surface area contributed by atoms with Crippen molar-refractivity contribution in [2.75, 3.05) is 52.5 Å². The highest BCUT2D eigenvalue weighted by Gasteiger charge is 2.43. The third-order valence-electron chi connectivity index (χ3n) is 7.32. The van der Waals surface area contributed by atoms with Gasteiger partial charge < -0.3 is 34.1 Å². The molecule has 50 heavy (non-hydrogen) atoms. The number of hydrogen-bond acceptors (Lipinski definition) is 11. The number of amides is 2. The second kappa shape index (κ2) is 17.0. The van der Waals surface area contributed by atoms with E-state index in [2.05, 4.69) is 5.32 Å². The van der Waals surface area contributed by atoms with Gasteiger partial charge in [-0.1, -0.05) is 23.7 Å². The number of esters is 2. The number of nitrogens with zero attached hydrogens (tertiary/aromatic N) is 3. The molecule has 2 saturated heterocycles. The number of sulfonamides is 1. The van der Waals surface area contributed by atoms with Crippen LogP contribution >= 0.6 is 11.6 Å². The molecule has 0 bridgehead atoms. The predicted molar refractivity (Wildman–Crippen MR) is 187 cm³/mol. The molecule has 14 nitrogen and oxygen atoms in total. The normalized spacial score (nSPS) is 18.8. The summed E-state index contributed by atoms with van der Waals surface area (Å²) in [4.78, 5) is 51.5. The highest BCUT2D eigenvalue weighted by molar-refractivity contribution is 7.89. The summed E-state index contributed by atoms with van der Waals surface area (Å²) in [5, 5.41) is 5.08. The molecule has 2 aliphatic heterocycles. The van der Waals surface area contributed by atoms with E-state index in [0.717, 1.165) is 9.69 Å². The van der Waals surface area contributed by atoms with Gasteiger partial charge in [-0.25, -0.2) is 18.0 Å². The van der Waals surface area contributed by atoms with Crippen molar-refractivity contribution in [3.8, 4) is 0 Å². The molecule has 16 heteroatoms. The Kier molecular flexibility index (Phi) is 13.9. The van der Waals surface area contributed by atoms with Gasteiger partial charge in [0.15, 0.2) is 0 Å². The van der Waals surface area contributed by atoms with Crippen LogP contribution in [0.4, 0.5) is 9.59 Å². The minimum atomic E-state index is -4.04. The zero-order valence-corrected chi connectivity index (χ0v) is 31.6. The van der Waals surface area contributed by atoms with Crippen LogP contribution in [0.5, 0.6) is 0 Å². The number of hydrogen-bond donors (Lipinski definition) is 1. The van der Waals surface area contributed by atoms with Crippen molar-refractivity contribution in [2.24, 2.45) is 0 Å². The van der Waals surface area contributed by atoms with E-state index in [0.29, 0.717) is 30.1 Å². The smallest absolute Gasteiger partial charge is 0.410 e. The summed E-state index contributed by atoms with van der Waals surface area (Å²) in [5.41, 5.74) is -1.24. The third kappa shape index (κ3) is 11.4. The number of carbonyl (C=O) groups is 4. The molecule has 2 aromatic carbocycles. The standard InChI is InChI=1S/C22H27ClN2O6S.C12H22N2O4/c1-5-30-20(26)19-14-24(21(27)31-22(2,3)4)10-11-25(19)32(28,29)18-9-7-15-12-17(23)8-6-16(15)13-18;1-5-17-10(15)9-8-14(7-6-13-9)11(16)18-12(2,3)4/h6-9,12-13,19H,5,10-11,14H2,1-4H3;9,13H,5-8H2,1-4H3. The van der Waals surface area contributed by atoms with Gasteiger partial charge in [-0.2, -0.15) is 4.31 Å². The maximum atomic E-state index is 13.5. The molecule has 2 unspecified atom stereocenters. The summed E-state index contributed by atoms with van der Waals surface area (Å²) in [7, 11) is -4.04. The van der Waals surface area contributed by atoms with Crippen LogP contribution in [0.15, 0.2) is 41.3 Å². The highest BCUT2D eigenvalue weighted by Crippen LogP contribution is 2.27. The Morgan fingerprint density at radius 1 is 0.780 bits per heavy atom. The van der Waals surface area contributed by atoms with Gasteiger partial charge in [-0.15, -0.1) is 0 Å². The lowest BCUT2D eigenvalue weighted by atomic mass is 10.1. The fourth-order valence-electron chi connectivity index (χ4n) is 5.11. The number of ether oxygens (including phenoxy) is 4. The molecule has 278 valence electrons. The molecule has 0 aromatic heterocycles. The van der Waals surface area contributed by atoms with Gasteiger partial charge in [0.25, 0.3) is 0 Å². The first-order valence-corrected chi connectivity index (χ1v) is 18.3. The van der Waals surface area contributed by atoms with Gasteiger partial charge in [0.2, 0.25) is 10.0 Å². The fraction of sp³-hybridized carbons (Fsp3) is 0.588. The molecule has 4 rings (SSSR count). The van der Waals surface area contributed by atoms with Crippen molar-refractivity contribution in [2.45, 2.75) is 83.6 Å². The molecular formula is C34H49ClN4O10S. The van der Waals surface area contributed by atoms with Crippen LogP contribution in [0.1, 0.15) is 55.4 Å². The topological polar surface area (TPSA) is 161 Å². The van der Waals surface area contributed by atoms with Crippen molar-refractivity contribution < 1.29 is 46.5 Å². The summed E-state index contributed by atoms with van der Waals surface area (Å²) in [6.07, 6.45) is -0.996. The Morgan fingerprint density at radius 2 is 1.32 bits per heavy atom. The van der Waals surface area contributed by atoms with Crippen LogP contribution in [0.3, 0.4) is 0 Å². The lowest BCUT2D eigenvalue weighted by Gasteiger charge is -2.39. The third-order valence-corrected chi connectivity index (χ3v) is 9.46. The Bertz CT molecular complexity index is 1640. The monoisotopic (exact) mass is 740 g/mol. The van der Waals surface area contributed by atoms with Crippen molar-refractivity contribution in [1.29, 1.82) is 0 Å². The van der Waals surface area contributed by atoms with Crippen LogP contribution in [-0.4, -0.2) is 122 Å². The van der Waals surface area contributed by atoms with Crippen LogP contribution in [0.25, 0.3) is 10.8 Å². The second-order valence-electron chi connectivity index (χ2n) is 13.6. The first kappa shape index (κ1) is 40.8. The van der Waals surface area contributed by atoms with E-state index in [1.54, 1.807) is 65.0 Å². The Balaban J connectivity index is 0.000000319. The zero-order chi connectivity index (χ0) is 37.4. The second-order valence-corrected chi connectivity index (χ2v) is 16.0. The van der Waals surface area contributed by atoms with E-state index in [4.69, 9.17) is 30.5 Å². The lowest BCUT2D eigenvalue weighted by molar-refractivity contribution is -0.149. The number of rotatable bonds is 6. The summed E-state index contributed by atoms with van der Waals surface area (Å²) < 4.78 is 48.8. The molecule has 2 atom stereocenters. The number of nitrogens with one attached hydrogen (secondary N) is 1. The number of halogens is 1. The van der Waals surface area contributed by atoms with E-state index in [-0.39, 0.29) is 43.7 Å². The molecule has 0 saturated carbocycles. The number of carbonyl (C=O) groups excluding carboxylic acids is 4. The molecule has 2 aliphatic rings. The molecule has 2 amide bonds. The molecule has 2 heterocycles. The molecular weight excluding hydrogens is 692 g/mol. The molecule has 0 radical (unpaired) electrons. The van der Waals surface area contributed by atoms with Gasteiger partial charge in [-0.3, -0.25) is 9.59 Å². The molecule has 0 aliphatic carbocycles. The van der Waals surface area contributed by atoms with Crippen LogP contribution < -0.4 is 5.32 Å². The van der Waals surface area contributed by atoms with Crippen molar-refractivity contribution >= 4 is 56.5 Å². The van der Waals surface area contributed by atoms with E-state index < -0.39 is 51.5 Å². The van der Waals surface area contributed by atoms with E-state index >= 15 is 0 Å². The van der Waals surface area contributed by atoms with E-state index in [9.17, 15) is 27.6 Å². The SMILES string of the molecule is CCOC(=O)C1CN(C(=O)OC(C)(C)C)CCN1.CCOC(=O)C1CN(C(=O)OC(C)(C)C)CCN1S(=O)(=O)c1ccc2cc(Cl)ccc2c1. The van der Waals surface area contributed by atoms with Crippen LogP contribution in [0, 0.1) is 0 Å². The average Bonchev–Trinajstić information content (AvgIpc) is 3.03. The number of fused-ring (bicyclic) bond motifs is 1. The maximum absolute atomic E-state index is 13.5. The molecule has 2 fully saturated rings. The van der Waals surface area contributed by atoms with Gasteiger partial charge in [0.1, 0.15) is 23.3 Å². The maximum Gasteiger partial charge on any atom is 0.410 e. The Morgan fingerprint density at radius 3 is 1.90 bits per heavy atom. The Labute approximate surface area is 299 Å². The van der Waals surface area contributed by atoms with Gasteiger partial charge in [0, 0.05) is 31.2 Å². The predicted octanol–water partition coefficient (Wildman–Crippen LogP) is 4.42. The average molecular weight is 741 g/mol. The van der Waals surface area contributed by atoms with Crippen LogP contribution in [0.2, 0.25) is 5.02 Å². The van der Waals surface area contributed by atoms with Crippen molar-refractivity contribution in [3.05, 3.63) is 41.4 Å². The molecule has 0 spiro atoms. The zero-order valence-electron chi connectivity index (χ0n) is 30.0. The highest BCUT2D eigenvalue weighted by atomic mass is 35.5. The number of piperazine rings is 2. The van der Waals surface area contributed by atoms with Crippen LogP contribution in [-0.2, 0) is 38.6 Å². The molecule has 1 N–H and O–H groups in total. The Hall–Kier alpha value is -3.66. The summed E-state index contributed by atoms with van der Waals surface area (Å²) >= 11 is 6.01. The van der Waals surface area contributed by atoms with Crippen molar-refractivity contribution in [1.82, 2.24) is 19.4 Å². The largest absolute Gasteiger partial charge is 0.465 e. The summed E-state index contributed by atoms with van der Waals surface area (Å²) in [6, 6.07) is 8.22. The fourth-order valence-corrected chi connectivity index (χ4v) is 6.89.